The van der Waals surface area contributed by atoms with Crippen molar-refractivity contribution in [3.8, 4) is 0 Å². The molecule has 0 aliphatic rings. The minimum Gasteiger partial charge on any atom is -0.270 e. The third-order valence-corrected chi connectivity index (χ3v) is 3.93. The van der Waals surface area contributed by atoms with Crippen LogP contribution in [0.25, 0.3) is 0 Å². The fourth-order valence-electron chi connectivity index (χ4n) is 1.64. The van der Waals surface area contributed by atoms with Crippen molar-refractivity contribution in [1.82, 2.24) is 14.8 Å². The third kappa shape index (κ3) is 3.19. The van der Waals surface area contributed by atoms with Crippen LogP contribution in [0.2, 0.25) is 5.02 Å². The molecule has 1 aromatic heterocycles. The highest BCUT2D eigenvalue weighted by molar-refractivity contribution is 7.98. The van der Waals surface area contributed by atoms with Gasteiger partial charge in [-0.2, -0.15) is 0 Å². The largest absolute Gasteiger partial charge is 0.343 e. The van der Waals surface area contributed by atoms with Crippen LogP contribution in [-0.2, 0) is 12.3 Å². The lowest BCUT2D eigenvalue weighted by atomic mass is 10.2. The van der Waals surface area contributed by atoms with Crippen LogP contribution in [0, 0.1) is 5.82 Å². The number of aromatic amines is 1. The summed E-state index contributed by atoms with van der Waals surface area (Å²) in [5.74, 6) is -0.0144. The van der Waals surface area contributed by atoms with Crippen LogP contribution in [0.1, 0.15) is 18.9 Å². The average Bonchev–Trinajstić information content (AvgIpc) is 2.71. The predicted octanol–water partition coefficient (Wildman–Crippen LogP) is 3.07. The van der Waals surface area contributed by atoms with Gasteiger partial charge in [-0.1, -0.05) is 36.4 Å². The zero-order valence-electron chi connectivity index (χ0n) is 10.3. The van der Waals surface area contributed by atoms with Crippen molar-refractivity contribution in [2.75, 3.05) is 0 Å². The molecule has 1 N–H and O–H groups in total. The number of rotatable bonds is 5. The first-order valence-corrected chi connectivity index (χ1v) is 7.20. The van der Waals surface area contributed by atoms with Crippen molar-refractivity contribution in [1.29, 1.82) is 0 Å². The van der Waals surface area contributed by atoms with Gasteiger partial charge in [-0.25, -0.2) is 14.3 Å². The van der Waals surface area contributed by atoms with E-state index >= 15 is 0 Å². The van der Waals surface area contributed by atoms with Gasteiger partial charge in [0.25, 0.3) is 0 Å². The first-order valence-electron chi connectivity index (χ1n) is 5.84. The number of halogens is 2. The van der Waals surface area contributed by atoms with Crippen molar-refractivity contribution in [2.24, 2.45) is 0 Å². The normalized spacial score (nSPS) is 10.9. The molecule has 1 aromatic carbocycles. The fraction of sp³-hybridized carbons (Fsp3) is 0.333. The van der Waals surface area contributed by atoms with Crippen molar-refractivity contribution >= 4 is 23.4 Å². The second-order valence-electron chi connectivity index (χ2n) is 3.95. The molecule has 0 fully saturated rings. The highest BCUT2D eigenvalue weighted by Gasteiger charge is 2.12. The molecule has 0 amide bonds. The van der Waals surface area contributed by atoms with Gasteiger partial charge in [0, 0.05) is 22.9 Å². The summed E-state index contributed by atoms with van der Waals surface area (Å²) in [7, 11) is 0. The van der Waals surface area contributed by atoms with E-state index in [-0.39, 0.29) is 11.5 Å². The summed E-state index contributed by atoms with van der Waals surface area (Å²) in [5.41, 5.74) is 0.177. The standard InChI is InChI=1S/C12H13ClFN3OS/c1-2-6-17-11(18)15-16-12(17)19-7-8-9(13)4-3-5-10(8)14/h3-5H,2,6-7H2,1H3,(H,15,18). The van der Waals surface area contributed by atoms with Gasteiger partial charge in [0.15, 0.2) is 5.16 Å². The maximum absolute atomic E-state index is 13.6. The Balaban J connectivity index is 2.17. The number of aromatic nitrogens is 3. The maximum Gasteiger partial charge on any atom is 0.343 e. The zero-order valence-corrected chi connectivity index (χ0v) is 11.9. The predicted molar refractivity (Wildman–Crippen MR) is 74.1 cm³/mol. The monoisotopic (exact) mass is 301 g/mol. The number of nitrogens with zero attached hydrogens (tertiary/aromatic N) is 2. The Kier molecular flexibility index (Phi) is 4.66. The zero-order chi connectivity index (χ0) is 13.8. The summed E-state index contributed by atoms with van der Waals surface area (Å²) >= 11 is 7.24. The molecule has 2 aromatic rings. The Labute approximate surface area is 119 Å². The Morgan fingerprint density at radius 1 is 1.53 bits per heavy atom. The number of benzene rings is 1. The molecule has 1 heterocycles. The van der Waals surface area contributed by atoms with E-state index in [0.29, 0.717) is 28.0 Å². The lowest BCUT2D eigenvalue weighted by Crippen LogP contribution is -2.17. The summed E-state index contributed by atoms with van der Waals surface area (Å²) in [6.07, 6.45) is 0.827. The van der Waals surface area contributed by atoms with Crippen molar-refractivity contribution in [2.45, 2.75) is 30.8 Å². The molecule has 0 saturated heterocycles. The summed E-state index contributed by atoms with van der Waals surface area (Å²) in [6.45, 7) is 2.56. The molecule has 0 radical (unpaired) electrons. The molecule has 0 saturated carbocycles. The summed E-state index contributed by atoms with van der Waals surface area (Å²) in [6, 6.07) is 4.57. The topological polar surface area (TPSA) is 50.7 Å². The molecule has 4 nitrogen and oxygen atoms in total. The van der Waals surface area contributed by atoms with Gasteiger partial charge in [-0.05, 0) is 18.6 Å². The molecule has 0 aliphatic heterocycles. The summed E-state index contributed by atoms with van der Waals surface area (Å²) in [5, 5.41) is 7.26. The van der Waals surface area contributed by atoms with Crippen molar-refractivity contribution in [3.63, 3.8) is 0 Å². The van der Waals surface area contributed by atoms with E-state index in [1.54, 1.807) is 16.7 Å². The minimum atomic E-state index is -0.347. The molecule has 19 heavy (non-hydrogen) atoms. The summed E-state index contributed by atoms with van der Waals surface area (Å²) < 4.78 is 15.2. The van der Waals surface area contributed by atoms with Gasteiger partial charge in [-0.3, -0.25) is 4.57 Å². The van der Waals surface area contributed by atoms with Crippen molar-refractivity contribution in [3.05, 3.63) is 45.1 Å². The molecule has 0 aliphatic carbocycles. The third-order valence-electron chi connectivity index (χ3n) is 2.58. The van der Waals surface area contributed by atoms with E-state index in [4.69, 9.17) is 11.6 Å². The number of H-pyrrole nitrogens is 1. The van der Waals surface area contributed by atoms with E-state index < -0.39 is 0 Å². The quantitative estimate of drug-likeness (QED) is 0.864. The van der Waals surface area contributed by atoms with Gasteiger partial charge < -0.3 is 0 Å². The van der Waals surface area contributed by atoms with E-state index in [0.717, 1.165) is 6.42 Å². The van der Waals surface area contributed by atoms with E-state index in [1.807, 2.05) is 6.92 Å². The second-order valence-corrected chi connectivity index (χ2v) is 5.30. The lowest BCUT2D eigenvalue weighted by Gasteiger charge is -2.06. The number of thioether (sulfide) groups is 1. The molecule has 7 heteroatoms. The van der Waals surface area contributed by atoms with Crippen LogP contribution in [-0.4, -0.2) is 14.8 Å². The highest BCUT2D eigenvalue weighted by Crippen LogP contribution is 2.26. The number of hydrogen-bond acceptors (Lipinski definition) is 3. The average molecular weight is 302 g/mol. The van der Waals surface area contributed by atoms with Crippen molar-refractivity contribution < 1.29 is 4.39 Å². The van der Waals surface area contributed by atoms with Crippen LogP contribution >= 0.6 is 23.4 Å². The Bertz CT molecular complexity index is 605. The number of hydrogen-bond donors (Lipinski definition) is 1. The molecular weight excluding hydrogens is 289 g/mol. The van der Waals surface area contributed by atoms with Gasteiger partial charge in [0.2, 0.25) is 0 Å². The Morgan fingerprint density at radius 2 is 2.32 bits per heavy atom. The van der Waals surface area contributed by atoms with E-state index in [1.165, 1.54) is 17.8 Å². The molecule has 0 spiro atoms. The number of nitrogens with one attached hydrogen (secondary N) is 1. The van der Waals surface area contributed by atoms with Gasteiger partial charge in [-0.15, -0.1) is 5.10 Å². The van der Waals surface area contributed by atoms with Gasteiger partial charge in [0.05, 0.1) is 0 Å². The highest BCUT2D eigenvalue weighted by atomic mass is 35.5. The van der Waals surface area contributed by atoms with Gasteiger partial charge in [0.1, 0.15) is 5.82 Å². The first-order chi connectivity index (χ1) is 9.13. The molecule has 102 valence electrons. The van der Waals surface area contributed by atoms with Crippen LogP contribution in [0.4, 0.5) is 4.39 Å². The van der Waals surface area contributed by atoms with Crippen LogP contribution in [0.15, 0.2) is 28.2 Å². The molecule has 0 atom stereocenters. The molecule has 0 bridgehead atoms. The van der Waals surface area contributed by atoms with E-state index in [2.05, 4.69) is 10.2 Å². The van der Waals surface area contributed by atoms with Gasteiger partial charge >= 0.3 is 5.69 Å². The van der Waals surface area contributed by atoms with Crippen LogP contribution in [0.3, 0.4) is 0 Å². The second kappa shape index (κ2) is 6.25. The van der Waals surface area contributed by atoms with Crippen LogP contribution in [0.5, 0.6) is 0 Å². The van der Waals surface area contributed by atoms with Crippen LogP contribution < -0.4 is 5.69 Å². The fourth-order valence-corrected chi connectivity index (χ4v) is 2.96. The SMILES string of the molecule is CCCn1c(SCc2c(F)cccc2Cl)n[nH]c1=O. The van der Waals surface area contributed by atoms with E-state index in [9.17, 15) is 9.18 Å². The Hall–Kier alpha value is -1.27. The Morgan fingerprint density at radius 3 is 3.00 bits per heavy atom. The first kappa shape index (κ1) is 14.1. The molecule has 2 rings (SSSR count). The molecular formula is C12H13ClFN3OS. The maximum atomic E-state index is 13.6. The lowest BCUT2D eigenvalue weighted by molar-refractivity contribution is 0.602. The summed E-state index contributed by atoms with van der Waals surface area (Å²) in [4.78, 5) is 11.5. The minimum absolute atomic E-state index is 0.246. The smallest absolute Gasteiger partial charge is 0.270 e. The molecule has 0 unspecified atom stereocenters.